The van der Waals surface area contributed by atoms with Gasteiger partial charge in [-0.2, -0.15) is 0 Å². The standard InChI is InChI=1S/C15H20ClNO2/c1-2-7-17-8-9-19-15(11-17)14(18)10-12-5-3-4-6-13(12)16/h3-6,15H,2,7-11H2,1H3. The number of nitrogens with zero attached hydrogens (tertiary/aromatic N) is 1. The lowest BCUT2D eigenvalue weighted by Crippen LogP contribution is -2.46. The third-order valence-corrected chi connectivity index (χ3v) is 3.74. The first kappa shape index (κ1) is 14.5. The Balaban J connectivity index is 1.94. The third-order valence-electron chi connectivity index (χ3n) is 3.37. The molecule has 0 radical (unpaired) electrons. The highest BCUT2D eigenvalue weighted by Crippen LogP contribution is 2.17. The number of carbonyl (C=O) groups excluding carboxylic acids is 1. The molecule has 104 valence electrons. The van der Waals surface area contributed by atoms with Gasteiger partial charge in [0.2, 0.25) is 0 Å². The molecule has 0 saturated carbocycles. The summed E-state index contributed by atoms with van der Waals surface area (Å²) in [6.45, 7) is 5.44. The Morgan fingerprint density at radius 2 is 2.26 bits per heavy atom. The first-order chi connectivity index (χ1) is 9.20. The van der Waals surface area contributed by atoms with Gasteiger partial charge in [-0.15, -0.1) is 0 Å². The number of ketones is 1. The van der Waals surface area contributed by atoms with E-state index < -0.39 is 0 Å². The Labute approximate surface area is 119 Å². The predicted octanol–water partition coefficient (Wildman–Crippen LogP) is 2.56. The van der Waals surface area contributed by atoms with Crippen LogP contribution in [0.2, 0.25) is 5.02 Å². The summed E-state index contributed by atoms with van der Waals surface area (Å²) in [5.41, 5.74) is 0.880. The summed E-state index contributed by atoms with van der Waals surface area (Å²) < 4.78 is 5.59. The summed E-state index contributed by atoms with van der Waals surface area (Å²) in [6, 6.07) is 7.48. The zero-order chi connectivity index (χ0) is 13.7. The van der Waals surface area contributed by atoms with Crippen molar-refractivity contribution in [1.82, 2.24) is 4.90 Å². The van der Waals surface area contributed by atoms with Crippen LogP contribution in [-0.2, 0) is 16.0 Å². The molecular weight excluding hydrogens is 262 g/mol. The zero-order valence-electron chi connectivity index (χ0n) is 11.3. The van der Waals surface area contributed by atoms with Gasteiger partial charge in [-0.25, -0.2) is 0 Å². The van der Waals surface area contributed by atoms with E-state index in [0.717, 1.165) is 25.1 Å². The Morgan fingerprint density at radius 1 is 1.47 bits per heavy atom. The van der Waals surface area contributed by atoms with Crippen molar-refractivity contribution in [3.05, 3.63) is 34.9 Å². The molecule has 1 fully saturated rings. The van der Waals surface area contributed by atoms with E-state index in [1.165, 1.54) is 0 Å². The van der Waals surface area contributed by atoms with Gasteiger partial charge in [0, 0.05) is 24.5 Å². The average molecular weight is 282 g/mol. The molecule has 4 heteroatoms. The molecule has 1 unspecified atom stereocenters. The normalized spacial score (nSPS) is 20.4. The van der Waals surface area contributed by atoms with Crippen molar-refractivity contribution in [3.63, 3.8) is 0 Å². The second-order valence-corrected chi connectivity index (χ2v) is 5.30. The lowest BCUT2D eigenvalue weighted by molar-refractivity contribution is -0.135. The van der Waals surface area contributed by atoms with Gasteiger partial charge in [-0.3, -0.25) is 9.69 Å². The van der Waals surface area contributed by atoms with Gasteiger partial charge in [0.1, 0.15) is 6.10 Å². The predicted molar refractivity (Wildman–Crippen MR) is 76.6 cm³/mol. The maximum atomic E-state index is 12.3. The van der Waals surface area contributed by atoms with Crippen LogP contribution in [-0.4, -0.2) is 43.0 Å². The lowest BCUT2D eigenvalue weighted by Gasteiger charge is -2.31. The molecule has 0 aromatic heterocycles. The smallest absolute Gasteiger partial charge is 0.167 e. The molecule has 0 bridgehead atoms. The molecule has 0 amide bonds. The number of rotatable bonds is 5. The molecule has 3 nitrogen and oxygen atoms in total. The van der Waals surface area contributed by atoms with Crippen LogP contribution in [0.5, 0.6) is 0 Å². The minimum absolute atomic E-state index is 0.119. The summed E-state index contributed by atoms with van der Waals surface area (Å²) >= 11 is 6.08. The molecule has 1 aliphatic heterocycles. The van der Waals surface area contributed by atoms with Gasteiger partial charge >= 0.3 is 0 Å². The Hall–Kier alpha value is -0.900. The lowest BCUT2D eigenvalue weighted by atomic mass is 10.0. The number of carbonyl (C=O) groups is 1. The summed E-state index contributed by atoms with van der Waals surface area (Å²) in [5.74, 6) is 0.119. The van der Waals surface area contributed by atoms with Crippen LogP contribution in [0, 0.1) is 0 Å². The largest absolute Gasteiger partial charge is 0.368 e. The van der Waals surface area contributed by atoms with Crippen molar-refractivity contribution < 1.29 is 9.53 Å². The highest BCUT2D eigenvalue weighted by molar-refractivity contribution is 6.31. The minimum Gasteiger partial charge on any atom is -0.368 e. The number of ether oxygens (including phenoxy) is 1. The first-order valence-corrected chi connectivity index (χ1v) is 7.18. The van der Waals surface area contributed by atoms with Crippen molar-refractivity contribution in [2.45, 2.75) is 25.9 Å². The highest BCUT2D eigenvalue weighted by atomic mass is 35.5. The van der Waals surface area contributed by atoms with E-state index in [9.17, 15) is 4.79 Å². The Bertz CT molecular complexity index is 434. The van der Waals surface area contributed by atoms with Crippen LogP contribution in [0.4, 0.5) is 0 Å². The Kier molecular flexibility index (Phi) is 5.37. The molecule has 1 heterocycles. The summed E-state index contributed by atoms with van der Waals surface area (Å²) in [4.78, 5) is 14.5. The molecule has 1 atom stereocenters. The van der Waals surface area contributed by atoms with E-state index in [-0.39, 0.29) is 11.9 Å². The number of morpholine rings is 1. The van der Waals surface area contributed by atoms with Gasteiger partial charge in [0.15, 0.2) is 5.78 Å². The van der Waals surface area contributed by atoms with Gasteiger partial charge in [-0.05, 0) is 24.6 Å². The first-order valence-electron chi connectivity index (χ1n) is 6.80. The Morgan fingerprint density at radius 3 is 3.00 bits per heavy atom. The summed E-state index contributed by atoms with van der Waals surface area (Å²) in [7, 11) is 0. The van der Waals surface area contributed by atoms with Crippen LogP contribution >= 0.6 is 11.6 Å². The van der Waals surface area contributed by atoms with Crippen LogP contribution in [0.3, 0.4) is 0 Å². The maximum absolute atomic E-state index is 12.3. The van der Waals surface area contributed by atoms with E-state index >= 15 is 0 Å². The number of hydrogen-bond donors (Lipinski definition) is 0. The van der Waals surface area contributed by atoms with Crippen molar-refractivity contribution in [1.29, 1.82) is 0 Å². The second kappa shape index (κ2) is 7.04. The minimum atomic E-state index is -0.309. The molecule has 2 rings (SSSR count). The average Bonchev–Trinajstić information content (AvgIpc) is 2.42. The van der Waals surface area contributed by atoms with Crippen LogP contribution in [0.1, 0.15) is 18.9 Å². The van der Waals surface area contributed by atoms with Crippen molar-refractivity contribution in [2.75, 3.05) is 26.2 Å². The van der Waals surface area contributed by atoms with E-state index in [2.05, 4.69) is 11.8 Å². The van der Waals surface area contributed by atoms with Crippen molar-refractivity contribution in [3.8, 4) is 0 Å². The van der Waals surface area contributed by atoms with E-state index in [4.69, 9.17) is 16.3 Å². The van der Waals surface area contributed by atoms with Gasteiger partial charge in [0.25, 0.3) is 0 Å². The third kappa shape index (κ3) is 4.03. The number of Topliss-reactive ketones (excluding diaryl/α,β-unsaturated/α-hetero) is 1. The maximum Gasteiger partial charge on any atom is 0.167 e. The van der Waals surface area contributed by atoms with Crippen LogP contribution in [0.25, 0.3) is 0 Å². The molecule has 0 spiro atoms. The molecule has 1 aromatic rings. The fourth-order valence-electron chi connectivity index (χ4n) is 2.36. The molecule has 19 heavy (non-hydrogen) atoms. The van der Waals surface area contributed by atoms with E-state index in [0.29, 0.717) is 24.6 Å². The van der Waals surface area contributed by atoms with Gasteiger partial charge < -0.3 is 4.74 Å². The SMILES string of the molecule is CCCN1CCOC(C(=O)Cc2ccccc2Cl)C1. The van der Waals surface area contributed by atoms with Crippen molar-refractivity contribution >= 4 is 17.4 Å². The van der Waals surface area contributed by atoms with Crippen molar-refractivity contribution in [2.24, 2.45) is 0 Å². The molecular formula is C15H20ClNO2. The van der Waals surface area contributed by atoms with Crippen LogP contribution in [0.15, 0.2) is 24.3 Å². The summed E-state index contributed by atoms with van der Waals surface area (Å²) in [5, 5.41) is 0.650. The molecule has 0 N–H and O–H groups in total. The quantitative estimate of drug-likeness (QED) is 0.831. The zero-order valence-corrected chi connectivity index (χ0v) is 12.0. The van der Waals surface area contributed by atoms with Gasteiger partial charge in [-0.1, -0.05) is 36.7 Å². The molecule has 1 aliphatic rings. The summed E-state index contributed by atoms with van der Waals surface area (Å²) in [6.07, 6.45) is 1.15. The van der Waals surface area contributed by atoms with E-state index in [1.807, 2.05) is 24.3 Å². The highest BCUT2D eigenvalue weighted by Gasteiger charge is 2.26. The number of benzene rings is 1. The van der Waals surface area contributed by atoms with Crippen LogP contribution < -0.4 is 0 Å². The monoisotopic (exact) mass is 281 g/mol. The van der Waals surface area contributed by atoms with Gasteiger partial charge in [0.05, 0.1) is 6.61 Å². The number of halogens is 1. The molecule has 1 aromatic carbocycles. The van der Waals surface area contributed by atoms with E-state index in [1.54, 1.807) is 0 Å². The fourth-order valence-corrected chi connectivity index (χ4v) is 2.56. The number of hydrogen-bond acceptors (Lipinski definition) is 3. The molecule has 0 aliphatic carbocycles. The second-order valence-electron chi connectivity index (χ2n) is 4.89. The molecule has 1 saturated heterocycles. The topological polar surface area (TPSA) is 29.5 Å². The fraction of sp³-hybridized carbons (Fsp3) is 0.533.